The molecule has 2 fully saturated rings. The number of carbonyl (C=O) groups is 1. The van der Waals surface area contributed by atoms with Crippen molar-refractivity contribution in [3.8, 4) is 6.07 Å². The minimum Gasteiger partial charge on any atom is -0.343 e. The monoisotopic (exact) mass is 248 g/mol. The van der Waals surface area contributed by atoms with Gasteiger partial charge in [-0.2, -0.15) is 5.26 Å². The predicted octanol–water partition coefficient (Wildman–Crippen LogP) is 3.11. The summed E-state index contributed by atoms with van der Waals surface area (Å²) < 4.78 is 0. The van der Waals surface area contributed by atoms with E-state index in [-0.39, 0.29) is 5.92 Å². The molecule has 0 N–H and O–H groups in total. The molecule has 0 saturated heterocycles. The standard InChI is InChI=1S/C15H24N2O/c1-17(14-8-6-13(11-16)7-9-14)15(18)10-12-4-2-3-5-12/h12-14H,2-10H2,1H3. The normalized spacial score (nSPS) is 28.9. The summed E-state index contributed by atoms with van der Waals surface area (Å²) >= 11 is 0. The third-order valence-corrected chi connectivity index (χ3v) is 4.76. The van der Waals surface area contributed by atoms with Gasteiger partial charge in [-0.25, -0.2) is 0 Å². The molecule has 3 heteroatoms. The molecule has 0 aliphatic heterocycles. The van der Waals surface area contributed by atoms with E-state index < -0.39 is 0 Å². The summed E-state index contributed by atoms with van der Waals surface area (Å²) in [6, 6.07) is 2.73. The molecule has 2 rings (SSSR count). The van der Waals surface area contributed by atoms with Crippen molar-refractivity contribution in [2.45, 2.75) is 63.8 Å². The molecular weight excluding hydrogens is 224 g/mol. The van der Waals surface area contributed by atoms with Gasteiger partial charge in [-0.05, 0) is 44.4 Å². The Kier molecular flexibility index (Phi) is 4.63. The van der Waals surface area contributed by atoms with Crippen molar-refractivity contribution < 1.29 is 4.79 Å². The fourth-order valence-electron chi connectivity index (χ4n) is 3.40. The second-order valence-corrected chi connectivity index (χ2v) is 5.99. The highest BCUT2D eigenvalue weighted by Crippen LogP contribution is 2.30. The molecule has 100 valence electrons. The van der Waals surface area contributed by atoms with Gasteiger partial charge in [0.05, 0.1) is 6.07 Å². The number of nitriles is 1. The summed E-state index contributed by atoms with van der Waals surface area (Å²) in [5.41, 5.74) is 0. The minimum atomic E-state index is 0.222. The van der Waals surface area contributed by atoms with Gasteiger partial charge in [0.15, 0.2) is 0 Å². The van der Waals surface area contributed by atoms with E-state index in [1.807, 2.05) is 11.9 Å². The molecule has 0 heterocycles. The van der Waals surface area contributed by atoms with Crippen molar-refractivity contribution in [3.05, 3.63) is 0 Å². The second-order valence-electron chi connectivity index (χ2n) is 5.99. The van der Waals surface area contributed by atoms with Crippen molar-refractivity contribution in [1.82, 2.24) is 4.90 Å². The van der Waals surface area contributed by atoms with Gasteiger partial charge < -0.3 is 4.90 Å². The van der Waals surface area contributed by atoms with Crippen molar-refractivity contribution in [2.75, 3.05) is 7.05 Å². The Labute approximate surface area is 110 Å². The van der Waals surface area contributed by atoms with Gasteiger partial charge in [0, 0.05) is 25.4 Å². The third kappa shape index (κ3) is 3.25. The lowest BCUT2D eigenvalue weighted by molar-refractivity contribution is -0.133. The molecule has 2 aliphatic carbocycles. The van der Waals surface area contributed by atoms with Crippen LogP contribution in [0.1, 0.15) is 57.8 Å². The van der Waals surface area contributed by atoms with Crippen LogP contribution in [0.2, 0.25) is 0 Å². The fraction of sp³-hybridized carbons (Fsp3) is 0.867. The number of amides is 1. The molecule has 0 aromatic rings. The Hall–Kier alpha value is -1.04. The van der Waals surface area contributed by atoms with E-state index in [0.29, 0.717) is 17.9 Å². The maximum atomic E-state index is 12.2. The zero-order valence-electron chi connectivity index (χ0n) is 11.4. The maximum absolute atomic E-state index is 12.2. The lowest BCUT2D eigenvalue weighted by atomic mass is 9.86. The van der Waals surface area contributed by atoms with Crippen LogP contribution < -0.4 is 0 Å². The molecule has 0 unspecified atom stereocenters. The topological polar surface area (TPSA) is 44.1 Å². The fourth-order valence-corrected chi connectivity index (χ4v) is 3.40. The van der Waals surface area contributed by atoms with E-state index in [4.69, 9.17) is 5.26 Å². The molecule has 18 heavy (non-hydrogen) atoms. The van der Waals surface area contributed by atoms with Gasteiger partial charge in [0.2, 0.25) is 5.91 Å². The number of carbonyl (C=O) groups excluding carboxylic acids is 1. The number of hydrogen-bond donors (Lipinski definition) is 0. The summed E-state index contributed by atoms with van der Waals surface area (Å²) in [4.78, 5) is 14.2. The molecule has 2 aliphatic rings. The maximum Gasteiger partial charge on any atom is 0.222 e. The summed E-state index contributed by atoms with van der Waals surface area (Å²) in [6.07, 6.45) is 9.75. The van der Waals surface area contributed by atoms with E-state index in [1.165, 1.54) is 25.7 Å². The molecule has 0 bridgehead atoms. The van der Waals surface area contributed by atoms with Gasteiger partial charge in [-0.15, -0.1) is 0 Å². The highest BCUT2D eigenvalue weighted by Gasteiger charge is 2.28. The molecule has 0 spiro atoms. The largest absolute Gasteiger partial charge is 0.343 e. The van der Waals surface area contributed by atoms with Gasteiger partial charge in [0.1, 0.15) is 0 Å². The highest BCUT2D eigenvalue weighted by molar-refractivity contribution is 5.76. The Morgan fingerprint density at radius 1 is 1.17 bits per heavy atom. The summed E-state index contributed by atoms with van der Waals surface area (Å²) in [7, 11) is 1.95. The van der Waals surface area contributed by atoms with E-state index >= 15 is 0 Å². The smallest absolute Gasteiger partial charge is 0.222 e. The molecular formula is C15H24N2O. The minimum absolute atomic E-state index is 0.222. The molecule has 0 radical (unpaired) electrons. The van der Waals surface area contributed by atoms with Crippen molar-refractivity contribution in [3.63, 3.8) is 0 Å². The Balaban J connectivity index is 1.78. The van der Waals surface area contributed by atoms with Crippen molar-refractivity contribution in [2.24, 2.45) is 11.8 Å². The first-order valence-electron chi connectivity index (χ1n) is 7.36. The summed E-state index contributed by atoms with van der Waals surface area (Å²) in [5.74, 6) is 1.18. The van der Waals surface area contributed by atoms with Crippen LogP contribution in [-0.2, 0) is 4.79 Å². The average Bonchev–Trinajstić information content (AvgIpc) is 2.91. The third-order valence-electron chi connectivity index (χ3n) is 4.76. The number of nitrogens with zero attached hydrogens (tertiary/aromatic N) is 2. The first kappa shape index (κ1) is 13.4. The molecule has 3 nitrogen and oxygen atoms in total. The van der Waals surface area contributed by atoms with Crippen LogP contribution in [-0.4, -0.2) is 23.9 Å². The quantitative estimate of drug-likeness (QED) is 0.770. The van der Waals surface area contributed by atoms with Gasteiger partial charge >= 0.3 is 0 Å². The first-order valence-corrected chi connectivity index (χ1v) is 7.36. The number of rotatable bonds is 3. The van der Waals surface area contributed by atoms with Crippen LogP contribution in [0, 0.1) is 23.2 Å². The zero-order chi connectivity index (χ0) is 13.0. The molecule has 0 aromatic carbocycles. The van der Waals surface area contributed by atoms with Gasteiger partial charge in [-0.1, -0.05) is 12.8 Å². The van der Waals surface area contributed by atoms with E-state index in [2.05, 4.69) is 6.07 Å². The molecule has 0 aromatic heterocycles. The second kappa shape index (κ2) is 6.22. The lowest BCUT2D eigenvalue weighted by Gasteiger charge is -2.33. The Morgan fingerprint density at radius 3 is 2.33 bits per heavy atom. The van der Waals surface area contributed by atoms with Crippen LogP contribution in [0.25, 0.3) is 0 Å². The molecule has 0 atom stereocenters. The van der Waals surface area contributed by atoms with Crippen LogP contribution in [0.4, 0.5) is 0 Å². The predicted molar refractivity (Wildman–Crippen MR) is 70.7 cm³/mol. The first-order chi connectivity index (χ1) is 8.70. The molecule has 2 saturated carbocycles. The van der Waals surface area contributed by atoms with Crippen LogP contribution >= 0.6 is 0 Å². The molecule has 1 amide bonds. The van der Waals surface area contributed by atoms with E-state index in [0.717, 1.165) is 32.1 Å². The van der Waals surface area contributed by atoms with Crippen LogP contribution in [0.5, 0.6) is 0 Å². The SMILES string of the molecule is CN(C(=O)CC1CCCC1)C1CCC(C#N)CC1. The van der Waals surface area contributed by atoms with Crippen LogP contribution in [0.3, 0.4) is 0 Å². The van der Waals surface area contributed by atoms with Crippen LogP contribution in [0.15, 0.2) is 0 Å². The van der Waals surface area contributed by atoms with Crippen molar-refractivity contribution in [1.29, 1.82) is 5.26 Å². The van der Waals surface area contributed by atoms with E-state index in [9.17, 15) is 4.79 Å². The van der Waals surface area contributed by atoms with Gasteiger partial charge in [-0.3, -0.25) is 4.79 Å². The Bertz CT molecular complexity index is 320. The van der Waals surface area contributed by atoms with E-state index in [1.54, 1.807) is 0 Å². The zero-order valence-corrected chi connectivity index (χ0v) is 11.4. The summed E-state index contributed by atoms with van der Waals surface area (Å²) in [6.45, 7) is 0. The van der Waals surface area contributed by atoms with Crippen molar-refractivity contribution >= 4 is 5.91 Å². The Morgan fingerprint density at radius 2 is 1.78 bits per heavy atom. The summed E-state index contributed by atoms with van der Waals surface area (Å²) in [5, 5.41) is 8.88. The van der Waals surface area contributed by atoms with Gasteiger partial charge in [0.25, 0.3) is 0 Å². The average molecular weight is 248 g/mol. The number of hydrogen-bond acceptors (Lipinski definition) is 2. The lowest BCUT2D eigenvalue weighted by Crippen LogP contribution is -2.39. The highest BCUT2D eigenvalue weighted by atomic mass is 16.2.